The van der Waals surface area contributed by atoms with E-state index in [2.05, 4.69) is 0 Å². The highest BCUT2D eigenvalue weighted by molar-refractivity contribution is 5.89. The SMILES string of the molecule is CC(=O)O[C@H]1C[C@@]2(O)[C@@H](OC(=O)c3ccccc3)[C@H]3[C@]4(OC(C)=O)CO[C@@H]4C[C@H](O)[C@@]3(C)[C@@H](O)[C@H](OC(C)=O)C(=C1C)C2(C)C. The Morgan fingerprint density at radius 2 is 1.53 bits per heavy atom. The minimum atomic E-state index is -2.11. The van der Waals surface area contributed by atoms with Gasteiger partial charge in [-0.1, -0.05) is 39.0 Å². The number of rotatable bonds is 5. The van der Waals surface area contributed by atoms with Gasteiger partial charge in [-0.15, -0.1) is 0 Å². The maximum atomic E-state index is 13.9. The molecule has 0 unspecified atom stereocenters. The second kappa shape index (κ2) is 11.2. The van der Waals surface area contributed by atoms with Crippen molar-refractivity contribution in [1.29, 1.82) is 0 Å². The predicted octanol–water partition coefficient (Wildman–Crippen LogP) is 2.02. The van der Waals surface area contributed by atoms with Crippen LogP contribution in [-0.4, -0.2) is 93.6 Å². The van der Waals surface area contributed by atoms with Gasteiger partial charge in [0, 0.05) is 44.4 Å². The predicted molar refractivity (Wildman–Crippen MR) is 155 cm³/mol. The molecule has 3 aliphatic carbocycles. The summed E-state index contributed by atoms with van der Waals surface area (Å²) in [5.41, 5.74) is -5.96. The molecular weight excluding hydrogens is 588 g/mol. The fourth-order valence-electron chi connectivity index (χ4n) is 8.46. The van der Waals surface area contributed by atoms with Gasteiger partial charge in [0.05, 0.1) is 24.2 Å². The number of carbonyl (C=O) groups excluding carboxylic acids is 4. The first kappa shape index (κ1) is 33.1. The number of aliphatic hydroxyl groups is 3. The van der Waals surface area contributed by atoms with E-state index in [0.29, 0.717) is 5.57 Å². The Morgan fingerprint density at radius 3 is 2.07 bits per heavy atom. The number of hydrogen-bond donors (Lipinski definition) is 3. The van der Waals surface area contributed by atoms with Crippen LogP contribution in [0.2, 0.25) is 0 Å². The van der Waals surface area contributed by atoms with Crippen LogP contribution in [0.5, 0.6) is 0 Å². The van der Waals surface area contributed by atoms with E-state index in [1.165, 1.54) is 32.9 Å². The molecule has 1 aromatic carbocycles. The average molecular weight is 631 g/mol. The van der Waals surface area contributed by atoms with Crippen LogP contribution in [-0.2, 0) is 38.1 Å². The molecule has 12 heteroatoms. The van der Waals surface area contributed by atoms with Gasteiger partial charge in [-0.05, 0) is 30.2 Å². The van der Waals surface area contributed by atoms with Crippen LogP contribution in [0.15, 0.2) is 41.5 Å². The fraction of sp³-hybridized carbons (Fsp3) is 0.636. The number of hydrogen-bond acceptors (Lipinski definition) is 12. The first-order chi connectivity index (χ1) is 20.9. The van der Waals surface area contributed by atoms with Crippen molar-refractivity contribution in [3.8, 4) is 0 Å². The van der Waals surface area contributed by atoms with E-state index in [4.69, 9.17) is 23.7 Å². The summed E-state index contributed by atoms with van der Waals surface area (Å²) in [4.78, 5) is 51.5. The summed E-state index contributed by atoms with van der Waals surface area (Å²) in [6.45, 7) is 9.94. The molecule has 0 aromatic heterocycles. The third-order valence-electron chi connectivity index (χ3n) is 10.7. The Morgan fingerprint density at radius 1 is 0.911 bits per heavy atom. The monoisotopic (exact) mass is 630 g/mol. The fourth-order valence-corrected chi connectivity index (χ4v) is 8.46. The zero-order valence-electron chi connectivity index (χ0n) is 26.6. The molecule has 0 amide bonds. The van der Waals surface area contributed by atoms with E-state index in [1.807, 2.05) is 0 Å². The first-order valence-electron chi connectivity index (χ1n) is 15.1. The first-order valence-corrected chi connectivity index (χ1v) is 15.1. The second-order valence-electron chi connectivity index (χ2n) is 13.6. The molecule has 0 spiro atoms. The second-order valence-corrected chi connectivity index (χ2v) is 13.6. The molecular formula is C33H42O12. The van der Waals surface area contributed by atoms with E-state index in [-0.39, 0.29) is 30.6 Å². The van der Waals surface area contributed by atoms with Crippen molar-refractivity contribution in [2.45, 2.75) is 109 Å². The van der Waals surface area contributed by atoms with Crippen molar-refractivity contribution >= 4 is 23.9 Å². The Bertz CT molecular complexity index is 1420. The molecule has 4 aliphatic rings. The normalized spacial score (nSPS) is 39.9. The number of aliphatic hydroxyl groups excluding tert-OH is 2. The van der Waals surface area contributed by atoms with Gasteiger partial charge in [-0.2, -0.15) is 0 Å². The number of benzene rings is 1. The van der Waals surface area contributed by atoms with Crippen LogP contribution in [0.4, 0.5) is 0 Å². The third-order valence-corrected chi connectivity index (χ3v) is 10.7. The lowest BCUT2D eigenvalue weighted by molar-refractivity contribution is -0.365. The molecule has 12 nitrogen and oxygen atoms in total. The molecule has 5 rings (SSSR count). The Hall–Kier alpha value is -3.32. The van der Waals surface area contributed by atoms with Crippen LogP contribution >= 0.6 is 0 Å². The zero-order valence-corrected chi connectivity index (χ0v) is 26.6. The Labute approximate surface area is 261 Å². The lowest BCUT2D eigenvalue weighted by Crippen LogP contribution is -2.82. The van der Waals surface area contributed by atoms with Gasteiger partial charge in [0.25, 0.3) is 0 Å². The van der Waals surface area contributed by atoms with Crippen molar-refractivity contribution < 1.29 is 58.2 Å². The number of carbonyl (C=O) groups is 4. The van der Waals surface area contributed by atoms with E-state index >= 15 is 0 Å². The quantitative estimate of drug-likeness (QED) is 0.246. The van der Waals surface area contributed by atoms with Crippen molar-refractivity contribution in [1.82, 2.24) is 0 Å². The van der Waals surface area contributed by atoms with Crippen molar-refractivity contribution in [2.75, 3.05) is 6.61 Å². The molecule has 1 aromatic rings. The summed E-state index contributed by atoms with van der Waals surface area (Å²) in [5, 5.41) is 37.4. The van der Waals surface area contributed by atoms with Crippen LogP contribution in [0, 0.1) is 16.7 Å². The highest BCUT2D eigenvalue weighted by atomic mass is 16.6. The molecule has 1 saturated heterocycles. The Kier molecular flexibility index (Phi) is 8.21. The number of fused-ring (bicyclic) bond motifs is 5. The van der Waals surface area contributed by atoms with Gasteiger partial charge < -0.3 is 39.0 Å². The van der Waals surface area contributed by atoms with Crippen LogP contribution < -0.4 is 0 Å². The van der Waals surface area contributed by atoms with Crippen molar-refractivity contribution in [3.63, 3.8) is 0 Å². The molecule has 3 fully saturated rings. The lowest BCUT2D eigenvalue weighted by atomic mass is 9.44. The van der Waals surface area contributed by atoms with Crippen LogP contribution in [0.3, 0.4) is 0 Å². The third kappa shape index (κ3) is 4.88. The smallest absolute Gasteiger partial charge is 0.338 e. The summed E-state index contributed by atoms with van der Waals surface area (Å²) >= 11 is 0. The average Bonchev–Trinajstić information content (AvgIpc) is 2.94. The minimum Gasteiger partial charge on any atom is -0.458 e. The standard InChI is InChI=1S/C33H42O12/c1-16-21(42-17(2)34)14-33(40)28(44-29(39)20-11-9-8-10-12-20)26-31(7,22(37)13-23-32(26,15-41-23)45-19(4)36)27(38)25(43-18(3)35)24(16)30(33,5)6/h8-12,21-23,25-28,37-38,40H,13-15H2,1-7H3/t21-,22-,23+,25+,26+,27-,28-,31+,32-,33+/m0/s1. The van der Waals surface area contributed by atoms with Gasteiger partial charge in [-0.3, -0.25) is 14.4 Å². The molecule has 1 heterocycles. The summed E-state index contributed by atoms with van der Waals surface area (Å²) in [6, 6.07) is 8.09. The maximum absolute atomic E-state index is 13.9. The summed E-state index contributed by atoms with van der Waals surface area (Å²) in [7, 11) is 0. The van der Waals surface area contributed by atoms with Crippen molar-refractivity contribution in [2.24, 2.45) is 16.7 Å². The summed E-state index contributed by atoms with van der Waals surface area (Å²) < 4.78 is 29.6. The molecule has 1 aliphatic heterocycles. The number of esters is 4. The van der Waals surface area contributed by atoms with Gasteiger partial charge in [0.15, 0.2) is 11.7 Å². The largest absolute Gasteiger partial charge is 0.458 e. The van der Waals surface area contributed by atoms with E-state index < -0.39 is 88.5 Å². The van der Waals surface area contributed by atoms with E-state index in [9.17, 15) is 34.5 Å². The van der Waals surface area contributed by atoms with Gasteiger partial charge in [0.2, 0.25) is 0 Å². The lowest BCUT2D eigenvalue weighted by Gasteiger charge is -2.69. The minimum absolute atomic E-state index is 0.0700. The van der Waals surface area contributed by atoms with Gasteiger partial charge in [0.1, 0.15) is 30.0 Å². The topological polar surface area (TPSA) is 175 Å². The van der Waals surface area contributed by atoms with Crippen LogP contribution in [0.25, 0.3) is 0 Å². The highest BCUT2D eigenvalue weighted by Gasteiger charge is 2.78. The van der Waals surface area contributed by atoms with Crippen molar-refractivity contribution in [3.05, 3.63) is 47.0 Å². The molecule has 0 radical (unpaired) electrons. The van der Waals surface area contributed by atoms with E-state index in [0.717, 1.165) is 0 Å². The summed E-state index contributed by atoms with van der Waals surface area (Å²) in [5.74, 6) is -4.20. The highest BCUT2D eigenvalue weighted by Crippen LogP contribution is 2.65. The van der Waals surface area contributed by atoms with E-state index in [1.54, 1.807) is 45.9 Å². The number of ether oxygens (including phenoxy) is 5. The maximum Gasteiger partial charge on any atom is 0.338 e. The molecule has 246 valence electrons. The molecule has 2 saturated carbocycles. The van der Waals surface area contributed by atoms with Gasteiger partial charge in [-0.25, -0.2) is 4.79 Å². The molecule has 2 bridgehead atoms. The Balaban J connectivity index is 1.86. The van der Waals surface area contributed by atoms with Crippen LogP contribution in [0.1, 0.15) is 71.7 Å². The summed E-state index contributed by atoms with van der Waals surface area (Å²) in [6.07, 6.45) is -8.36. The molecule has 45 heavy (non-hydrogen) atoms. The molecule has 10 atom stereocenters. The van der Waals surface area contributed by atoms with Gasteiger partial charge >= 0.3 is 23.9 Å². The molecule has 3 N–H and O–H groups in total. The zero-order chi connectivity index (χ0) is 33.3.